The summed E-state index contributed by atoms with van der Waals surface area (Å²) in [5.41, 5.74) is 0.202. The number of nitro groups is 1. The van der Waals surface area contributed by atoms with Gasteiger partial charge < -0.3 is 4.74 Å². The van der Waals surface area contributed by atoms with Crippen molar-refractivity contribution in [2.45, 2.75) is 0 Å². The van der Waals surface area contributed by atoms with Crippen LogP contribution in [0.5, 0.6) is 5.75 Å². The summed E-state index contributed by atoms with van der Waals surface area (Å²) in [4.78, 5) is 21.8. The molecule has 0 spiro atoms. The van der Waals surface area contributed by atoms with Crippen molar-refractivity contribution in [3.05, 3.63) is 70.0 Å². The molecule has 0 radical (unpaired) electrons. The molecule has 20 heavy (non-hydrogen) atoms. The number of nitro benzene ring substituents is 1. The molecule has 0 bridgehead atoms. The number of hydrogen-bond acceptors (Lipinski definition) is 4. The maximum absolute atomic E-state index is 12.7. The minimum Gasteiger partial charge on any atom is -0.485 e. The van der Waals surface area contributed by atoms with Crippen molar-refractivity contribution in [3.63, 3.8) is 0 Å². The van der Waals surface area contributed by atoms with Crippen LogP contribution in [0.4, 0.5) is 10.1 Å². The van der Waals surface area contributed by atoms with E-state index in [9.17, 15) is 19.3 Å². The van der Waals surface area contributed by atoms with Crippen LogP contribution < -0.4 is 4.74 Å². The Balaban J connectivity index is 2.01. The molecule has 0 fully saturated rings. The van der Waals surface area contributed by atoms with Crippen molar-refractivity contribution in [2.24, 2.45) is 0 Å². The van der Waals surface area contributed by atoms with Crippen molar-refractivity contribution < 1.29 is 18.8 Å². The Hall–Kier alpha value is -2.76. The number of non-ortho nitro benzene ring substituents is 1. The fourth-order valence-corrected chi connectivity index (χ4v) is 1.55. The fourth-order valence-electron chi connectivity index (χ4n) is 1.55. The SMILES string of the molecule is O=C(COc1cccc([N+](=O)[O-])c1)c1ccc(F)cc1. The lowest BCUT2D eigenvalue weighted by molar-refractivity contribution is -0.384. The lowest BCUT2D eigenvalue weighted by Crippen LogP contribution is -2.11. The van der Waals surface area contributed by atoms with Crippen LogP contribution in [-0.4, -0.2) is 17.3 Å². The van der Waals surface area contributed by atoms with Crippen LogP contribution in [0.3, 0.4) is 0 Å². The van der Waals surface area contributed by atoms with Crippen LogP contribution in [0.15, 0.2) is 48.5 Å². The molecule has 0 amide bonds. The molecule has 6 heteroatoms. The summed E-state index contributed by atoms with van der Waals surface area (Å²) >= 11 is 0. The molecule has 2 aromatic rings. The summed E-state index contributed by atoms with van der Waals surface area (Å²) in [5.74, 6) is -0.535. The smallest absolute Gasteiger partial charge is 0.273 e. The van der Waals surface area contributed by atoms with E-state index in [-0.39, 0.29) is 23.8 Å². The van der Waals surface area contributed by atoms with Gasteiger partial charge in [0.2, 0.25) is 0 Å². The number of carbonyl (C=O) groups excluding carboxylic acids is 1. The zero-order valence-corrected chi connectivity index (χ0v) is 10.3. The van der Waals surface area contributed by atoms with E-state index < -0.39 is 10.7 Å². The molecule has 0 aromatic heterocycles. The third-order valence-electron chi connectivity index (χ3n) is 2.56. The van der Waals surface area contributed by atoms with Gasteiger partial charge in [-0.3, -0.25) is 14.9 Å². The van der Waals surface area contributed by atoms with Crippen molar-refractivity contribution in [1.29, 1.82) is 0 Å². The lowest BCUT2D eigenvalue weighted by atomic mass is 10.1. The predicted molar refractivity (Wildman–Crippen MR) is 69.3 cm³/mol. The molecule has 2 aromatic carbocycles. The third kappa shape index (κ3) is 3.38. The predicted octanol–water partition coefficient (Wildman–Crippen LogP) is 3.00. The van der Waals surface area contributed by atoms with Gasteiger partial charge in [0, 0.05) is 11.6 Å². The number of benzene rings is 2. The Morgan fingerprint density at radius 1 is 1.20 bits per heavy atom. The summed E-state index contributed by atoms with van der Waals surface area (Å²) in [6.45, 7) is -0.271. The molecule has 0 heterocycles. The minimum absolute atomic E-state index is 0.114. The highest BCUT2D eigenvalue weighted by molar-refractivity contribution is 5.97. The molecule has 0 saturated heterocycles. The van der Waals surface area contributed by atoms with Crippen LogP contribution in [-0.2, 0) is 0 Å². The second-order valence-corrected chi connectivity index (χ2v) is 3.97. The normalized spacial score (nSPS) is 10.1. The summed E-state index contributed by atoms with van der Waals surface area (Å²) in [6, 6.07) is 10.6. The summed E-state index contributed by atoms with van der Waals surface area (Å²) < 4.78 is 17.9. The monoisotopic (exact) mass is 275 g/mol. The maximum atomic E-state index is 12.7. The number of rotatable bonds is 5. The van der Waals surface area contributed by atoms with Gasteiger partial charge in [-0.1, -0.05) is 6.07 Å². The van der Waals surface area contributed by atoms with Crippen LogP contribution in [0.25, 0.3) is 0 Å². The quantitative estimate of drug-likeness (QED) is 0.478. The van der Waals surface area contributed by atoms with Crippen molar-refractivity contribution in [2.75, 3.05) is 6.61 Å². The summed E-state index contributed by atoms with van der Waals surface area (Å²) in [7, 11) is 0. The first-order valence-corrected chi connectivity index (χ1v) is 5.72. The molecular formula is C14H10FNO4. The molecule has 0 atom stereocenters. The molecule has 0 unspecified atom stereocenters. The van der Waals surface area contributed by atoms with Crippen LogP contribution in [0.1, 0.15) is 10.4 Å². The molecule has 102 valence electrons. The number of ether oxygens (including phenoxy) is 1. The standard InChI is InChI=1S/C14H10FNO4/c15-11-6-4-10(5-7-11)14(17)9-20-13-3-1-2-12(8-13)16(18)19/h1-8H,9H2. The van der Waals surface area contributed by atoms with Gasteiger partial charge in [-0.15, -0.1) is 0 Å². The number of halogens is 1. The first-order valence-electron chi connectivity index (χ1n) is 5.72. The first-order chi connectivity index (χ1) is 9.56. The minimum atomic E-state index is -0.547. The highest BCUT2D eigenvalue weighted by atomic mass is 19.1. The van der Waals surface area contributed by atoms with Crippen molar-refractivity contribution >= 4 is 11.5 Å². The Kier molecular flexibility index (Phi) is 4.05. The van der Waals surface area contributed by atoms with E-state index in [1.165, 1.54) is 48.5 Å². The first kappa shape index (κ1) is 13.7. The molecule has 0 aliphatic heterocycles. The number of Topliss-reactive ketones (excluding diaryl/α,β-unsaturated/α-hetero) is 1. The molecule has 2 rings (SSSR count). The number of hydrogen-bond donors (Lipinski definition) is 0. The zero-order chi connectivity index (χ0) is 14.5. The number of nitrogens with zero attached hydrogens (tertiary/aromatic N) is 1. The van der Waals surface area contributed by atoms with Crippen molar-refractivity contribution in [1.82, 2.24) is 0 Å². The average Bonchev–Trinajstić information content (AvgIpc) is 2.46. The third-order valence-corrected chi connectivity index (χ3v) is 2.56. The van der Waals surface area contributed by atoms with Gasteiger partial charge in [-0.05, 0) is 30.3 Å². The van der Waals surface area contributed by atoms with Gasteiger partial charge in [-0.25, -0.2) is 4.39 Å². The summed E-state index contributed by atoms with van der Waals surface area (Å²) in [6.07, 6.45) is 0. The molecule has 0 N–H and O–H groups in total. The molecule has 0 aliphatic carbocycles. The zero-order valence-electron chi connectivity index (χ0n) is 10.3. The van der Waals surface area contributed by atoms with E-state index in [2.05, 4.69) is 0 Å². The van der Waals surface area contributed by atoms with E-state index in [4.69, 9.17) is 4.74 Å². The van der Waals surface area contributed by atoms with Gasteiger partial charge in [0.15, 0.2) is 12.4 Å². The van der Waals surface area contributed by atoms with Crippen LogP contribution >= 0.6 is 0 Å². The maximum Gasteiger partial charge on any atom is 0.273 e. The molecule has 0 saturated carbocycles. The molecule has 5 nitrogen and oxygen atoms in total. The molecular weight excluding hydrogens is 265 g/mol. The van der Waals surface area contributed by atoms with Gasteiger partial charge in [0.05, 0.1) is 11.0 Å². The lowest BCUT2D eigenvalue weighted by Gasteiger charge is -2.05. The van der Waals surface area contributed by atoms with E-state index >= 15 is 0 Å². The second-order valence-electron chi connectivity index (χ2n) is 3.97. The topological polar surface area (TPSA) is 69.4 Å². The van der Waals surface area contributed by atoms with Gasteiger partial charge >= 0.3 is 0 Å². The highest BCUT2D eigenvalue weighted by Gasteiger charge is 2.09. The Labute approximate surface area is 113 Å². The van der Waals surface area contributed by atoms with Gasteiger partial charge in [0.25, 0.3) is 5.69 Å². The van der Waals surface area contributed by atoms with E-state index in [1.54, 1.807) is 0 Å². The highest BCUT2D eigenvalue weighted by Crippen LogP contribution is 2.19. The van der Waals surface area contributed by atoms with Crippen molar-refractivity contribution in [3.8, 4) is 5.75 Å². The Morgan fingerprint density at radius 3 is 2.55 bits per heavy atom. The van der Waals surface area contributed by atoms with E-state index in [0.717, 1.165) is 0 Å². The second kappa shape index (κ2) is 5.92. The average molecular weight is 275 g/mol. The number of ketones is 1. The molecule has 0 aliphatic rings. The van der Waals surface area contributed by atoms with Gasteiger partial charge in [-0.2, -0.15) is 0 Å². The van der Waals surface area contributed by atoms with E-state index in [1.807, 2.05) is 0 Å². The summed E-state index contributed by atoms with van der Waals surface area (Å²) in [5, 5.41) is 10.6. The fraction of sp³-hybridized carbons (Fsp3) is 0.0714. The Bertz CT molecular complexity index is 640. The Morgan fingerprint density at radius 2 is 1.90 bits per heavy atom. The largest absolute Gasteiger partial charge is 0.485 e. The van der Waals surface area contributed by atoms with Gasteiger partial charge in [0.1, 0.15) is 11.6 Å². The van der Waals surface area contributed by atoms with E-state index in [0.29, 0.717) is 5.56 Å². The van der Waals surface area contributed by atoms with Crippen LogP contribution in [0, 0.1) is 15.9 Å². The van der Waals surface area contributed by atoms with Crippen LogP contribution in [0.2, 0.25) is 0 Å². The number of carbonyl (C=O) groups is 1.